The number of para-hydroxylation sites is 1. The van der Waals surface area contributed by atoms with Gasteiger partial charge in [-0.25, -0.2) is 0 Å². The molecule has 5 aromatic carbocycles. The highest BCUT2D eigenvalue weighted by atomic mass is 32.2. The van der Waals surface area contributed by atoms with Crippen molar-refractivity contribution in [1.82, 2.24) is 4.57 Å². The van der Waals surface area contributed by atoms with Gasteiger partial charge in [-0.3, -0.25) is 0 Å². The predicted molar refractivity (Wildman–Crippen MR) is 147 cm³/mol. The number of nitrogens with zero attached hydrogens (tertiary/aromatic N) is 1. The molecule has 5 heterocycles. The minimum Gasteiger partial charge on any atom is -0.456 e. The molecule has 160 valence electrons. The third kappa shape index (κ3) is 1.92. The van der Waals surface area contributed by atoms with Crippen molar-refractivity contribution in [3.63, 3.8) is 0 Å². The van der Waals surface area contributed by atoms with Crippen molar-refractivity contribution in [1.29, 1.82) is 0 Å². The van der Waals surface area contributed by atoms with Crippen LogP contribution in [-0.2, 0) is 0 Å². The van der Waals surface area contributed by atoms with Crippen LogP contribution in [0, 0.1) is 0 Å². The van der Waals surface area contributed by atoms with Gasteiger partial charge in [0.2, 0.25) is 0 Å². The van der Waals surface area contributed by atoms with Crippen LogP contribution in [0.3, 0.4) is 0 Å². The molecule has 0 amide bonds. The van der Waals surface area contributed by atoms with E-state index in [2.05, 4.69) is 89.5 Å². The van der Waals surface area contributed by atoms with Crippen molar-refractivity contribution < 1.29 is 4.42 Å². The summed E-state index contributed by atoms with van der Waals surface area (Å²) in [6, 6.07) is 31.2. The fourth-order valence-electron chi connectivity index (χ4n) is 6.78. The lowest BCUT2D eigenvalue weighted by Crippen LogP contribution is -2.61. The Morgan fingerprint density at radius 2 is 1.26 bits per heavy atom. The fraction of sp³-hybridized carbons (Fsp3) is 0. The molecule has 0 saturated carbocycles. The van der Waals surface area contributed by atoms with E-state index in [0.717, 1.165) is 11.2 Å². The van der Waals surface area contributed by atoms with Crippen molar-refractivity contribution in [2.45, 2.75) is 19.6 Å². The maximum atomic E-state index is 6.33. The Balaban J connectivity index is 1.52. The Kier molecular flexibility index (Phi) is 2.96. The molecule has 10 rings (SSSR count). The Morgan fingerprint density at radius 3 is 2.14 bits per heavy atom. The quantitative estimate of drug-likeness (QED) is 0.233. The van der Waals surface area contributed by atoms with Gasteiger partial charge in [-0.2, -0.15) is 0 Å². The topological polar surface area (TPSA) is 18.1 Å². The molecule has 3 aliphatic heterocycles. The summed E-state index contributed by atoms with van der Waals surface area (Å²) in [4.78, 5) is 5.57. The molecule has 0 aliphatic carbocycles. The second-order valence-corrected chi connectivity index (χ2v) is 11.8. The van der Waals surface area contributed by atoms with Gasteiger partial charge < -0.3 is 8.98 Å². The van der Waals surface area contributed by atoms with E-state index in [9.17, 15) is 0 Å². The molecule has 0 fully saturated rings. The van der Waals surface area contributed by atoms with E-state index < -0.39 is 0 Å². The Morgan fingerprint density at radius 1 is 0.543 bits per heavy atom. The highest BCUT2D eigenvalue weighted by Gasteiger charge is 2.44. The fourth-order valence-corrected chi connectivity index (χ4v) is 9.23. The zero-order valence-electron chi connectivity index (χ0n) is 18.3. The summed E-state index contributed by atoms with van der Waals surface area (Å²) < 4.78 is 8.89. The average Bonchev–Trinajstić information content (AvgIpc) is 3.44. The van der Waals surface area contributed by atoms with E-state index in [1.54, 1.807) is 0 Å². The Bertz CT molecular complexity index is 2120. The van der Waals surface area contributed by atoms with Crippen molar-refractivity contribution in [3.05, 3.63) is 84.9 Å². The van der Waals surface area contributed by atoms with Crippen LogP contribution in [0.1, 0.15) is 0 Å². The average molecular weight is 479 g/mol. The van der Waals surface area contributed by atoms with Gasteiger partial charge >= 0.3 is 0 Å². The van der Waals surface area contributed by atoms with Crippen LogP contribution in [-0.4, -0.2) is 11.3 Å². The lowest BCUT2D eigenvalue weighted by atomic mass is 9.35. The number of furan rings is 1. The van der Waals surface area contributed by atoms with Gasteiger partial charge in [-0.05, 0) is 64.9 Å². The molecule has 3 aliphatic rings. The third-order valence-corrected chi connectivity index (χ3v) is 10.4. The smallest absolute Gasteiger partial charge is 0.252 e. The number of benzene rings is 5. The van der Waals surface area contributed by atoms with Crippen LogP contribution in [0.25, 0.3) is 49.4 Å². The van der Waals surface area contributed by atoms with Gasteiger partial charge in [0.1, 0.15) is 11.2 Å². The molecule has 2 nitrogen and oxygen atoms in total. The lowest BCUT2D eigenvalue weighted by molar-refractivity contribution is 0.669. The van der Waals surface area contributed by atoms with Gasteiger partial charge in [0, 0.05) is 41.4 Å². The van der Waals surface area contributed by atoms with Gasteiger partial charge in [0.05, 0.1) is 16.4 Å². The van der Waals surface area contributed by atoms with Crippen molar-refractivity contribution in [2.24, 2.45) is 0 Å². The van der Waals surface area contributed by atoms with Crippen LogP contribution in [0.15, 0.2) is 109 Å². The largest absolute Gasteiger partial charge is 0.456 e. The van der Waals surface area contributed by atoms with Crippen molar-refractivity contribution >= 4 is 90.4 Å². The molecule has 7 aromatic rings. The highest BCUT2D eigenvalue weighted by molar-refractivity contribution is 8.01. The van der Waals surface area contributed by atoms with Crippen LogP contribution < -0.4 is 16.4 Å². The Labute approximate surface area is 209 Å². The third-order valence-electron chi connectivity index (χ3n) is 8.05. The summed E-state index contributed by atoms with van der Waals surface area (Å²) in [5.41, 5.74) is 10.3. The molecule has 35 heavy (non-hydrogen) atoms. The number of hydrogen-bond donors (Lipinski definition) is 0. The number of rotatable bonds is 0. The van der Waals surface area contributed by atoms with E-state index >= 15 is 0 Å². The molecule has 0 spiro atoms. The molecular formula is C30H14BNOS2. The highest BCUT2D eigenvalue weighted by Crippen LogP contribution is 2.46. The molecule has 0 bridgehead atoms. The normalized spacial score (nSPS) is 14.6. The molecule has 2 aromatic heterocycles. The summed E-state index contributed by atoms with van der Waals surface area (Å²) in [7, 11) is 0. The van der Waals surface area contributed by atoms with E-state index in [0.29, 0.717) is 6.71 Å². The molecular weight excluding hydrogens is 465 g/mol. The van der Waals surface area contributed by atoms with Crippen LogP contribution in [0.5, 0.6) is 0 Å². The zero-order chi connectivity index (χ0) is 22.4. The van der Waals surface area contributed by atoms with E-state index in [1.165, 1.54) is 74.2 Å². The van der Waals surface area contributed by atoms with Gasteiger partial charge in [-0.15, -0.1) is 0 Å². The van der Waals surface area contributed by atoms with Crippen molar-refractivity contribution in [2.75, 3.05) is 0 Å². The molecule has 0 N–H and O–H groups in total. The van der Waals surface area contributed by atoms with Crippen molar-refractivity contribution in [3.8, 4) is 5.69 Å². The summed E-state index contributed by atoms with van der Waals surface area (Å²) >= 11 is 3.86. The molecule has 5 heteroatoms. The number of aromatic nitrogens is 1. The first kappa shape index (κ1) is 17.8. The van der Waals surface area contributed by atoms with Crippen LogP contribution in [0.4, 0.5) is 0 Å². The molecule has 0 radical (unpaired) electrons. The van der Waals surface area contributed by atoms with E-state index in [1.807, 2.05) is 23.5 Å². The first-order valence-corrected chi connectivity index (χ1v) is 13.5. The first-order chi connectivity index (χ1) is 17.4. The molecule has 0 unspecified atom stereocenters. The second kappa shape index (κ2) is 5.81. The van der Waals surface area contributed by atoms with E-state index in [4.69, 9.17) is 4.42 Å². The van der Waals surface area contributed by atoms with Gasteiger partial charge in [-0.1, -0.05) is 59.9 Å². The van der Waals surface area contributed by atoms with Crippen LogP contribution in [0.2, 0.25) is 0 Å². The minimum absolute atomic E-state index is 0.294. The summed E-state index contributed by atoms with van der Waals surface area (Å²) in [6.07, 6.45) is 0. The zero-order valence-corrected chi connectivity index (χ0v) is 20.0. The second-order valence-electron chi connectivity index (χ2n) is 9.64. The van der Waals surface area contributed by atoms with Gasteiger partial charge in [0.15, 0.2) is 0 Å². The molecule has 0 saturated heterocycles. The monoisotopic (exact) mass is 479 g/mol. The summed E-state index contributed by atoms with van der Waals surface area (Å²) in [5, 5.41) is 5.04. The van der Waals surface area contributed by atoms with Gasteiger partial charge in [0.25, 0.3) is 6.71 Å². The first-order valence-electron chi connectivity index (χ1n) is 11.9. The van der Waals surface area contributed by atoms with Crippen LogP contribution >= 0.6 is 23.5 Å². The standard InChI is InChI=1S/C30H14BNOS2/c1-2-7-19-17(5-1)25-20(33-19)13-11-15-16-12-14-24-28-30(16)32(29(15)25)18-6-3-8-21-26(18)31(28)27-22(34-21)9-4-10-23(27)35-24/h1-14H. The van der Waals surface area contributed by atoms with E-state index in [-0.39, 0.29) is 0 Å². The lowest BCUT2D eigenvalue weighted by Gasteiger charge is -2.37. The Hall–Kier alpha value is -3.54. The molecule has 0 atom stereocenters. The summed E-state index contributed by atoms with van der Waals surface area (Å²) in [6.45, 7) is 0.294. The number of fused-ring (bicyclic) bond motifs is 8. The number of hydrogen-bond acceptors (Lipinski definition) is 3. The minimum atomic E-state index is 0.294. The summed E-state index contributed by atoms with van der Waals surface area (Å²) in [5.74, 6) is 0. The predicted octanol–water partition coefficient (Wildman–Crippen LogP) is 6.44. The maximum absolute atomic E-state index is 6.33. The SMILES string of the molecule is c1cc2c3c(c1)Sc1ccc4c5ccc6oc7ccccc7c6c5n5c4c1B3c1c(cccc1-5)S2. The maximum Gasteiger partial charge on any atom is 0.252 e.